The maximum absolute atomic E-state index is 13.6. The SMILES string of the molecule is CC[C@@]1(O)C(=O)OCc2c1cc1n(c2=O)[C@@H](OCCO)c2cc3cc(CN(C)C)ccc3nc2-1.Cl. The summed E-state index contributed by atoms with van der Waals surface area (Å²) in [6, 6.07) is 9.63. The number of carbonyl (C=O) groups excluding carboxylic acids is 1. The number of aliphatic hydroxyl groups excluding tert-OH is 1. The topological polar surface area (TPSA) is 114 Å². The van der Waals surface area contributed by atoms with E-state index in [1.54, 1.807) is 13.0 Å². The second kappa shape index (κ2) is 9.33. The minimum atomic E-state index is -1.90. The molecule has 0 aliphatic carbocycles. The number of benzene rings is 1. The third kappa shape index (κ3) is 3.93. The third-order valence-corrected chi connectivity index (χ3v) is 6.50. The van der Waals surface area contributed by atoms with Crippen molar-refractivity contribution in [3.8, 4) is 11.4 Å². The molecule has 0 amide bonds. The highest BCUT2D eigenvalue weighted by Crippen LogP contribution is 2.43. The number of aliphatic hydroxyl groups is 2. The Labute approximate surface area is 208 Å². The molecule has 2 atom stereocenters. The largest absolute Gasteiger partial charge is 0.458 e. The van der Waals surface area contributed by atoms with Gasteiger partial charge in [-0.25, -0.2) is 9.78 Å². The molecule has 0 saturated carbocycles. The van der Waals surface area contributed by atoms with Gasteiger partial charge < -0.3 is 24.6 Å². The first-order valence-corrected chi connectivity index (χ1v) is 11.3. The first kappa shape index (κ1) is 25.3. The van der Waals surface area contributed by atoms with E-state index < -0.39 is 23.4 Å². The lowest BCUT2D eigenvalue weighted by molar-refractivity contribution is -0.172. The summed E-state index contributed by atoms with van der Waals surface area (Å²) in [6.07, 6.45) is -0.726. The Hall–Kier alpha value is -2.82. The van der Waals surface area contributed by atoms with E-state index in [2.05, 4.69) is 11.0 Å². The lowest BCUT2D eigenvalue weighted by Gasteiger charge is -2.32. The van der Waals surface area contributed by atoms with E-state index in [0.29, 0.717) is 17.0 Å². The van der Waals surface area contributed by atoms with Crippen molar-refractivity contribution in [3.05, 3.63) is 62.9 Å². The molecule has 0 fully saturated rings. The van der Waals surface area contributed by atoms with Crippen molar-refractivity contribution in [2.24, 2.45) is 0 Å². The van der Waals surface area contributed by atoms with Crippen LogP contribution in [0.4, 0.5) is 0 Å². The van der Waals surface area contributed by atoms with Crippen molar-refractivity contribution < 1.29 is 24.5 Å². The van der Waals surface area contributed by atoms with Crippen LogP contribution in [0, 0.1) is 0 Å². The Morgan fingerprint density at radius 2 is 2.03 bits per heavy atom. The Balaban J connectivity index is 0.00000289. The number of nitrogens with zero attached hydrogens (tertiary/aromatic N) is 3. The Morgan fingerprint density at radius 3 is 2.71 bits per heavy atom. The molecule has 35 heavy (non-hydrogen) atoms. The van der Waals surface area contributed by atoms with E-state index in [9.17, 15) is 19.8 Å². The summed E-state index contributed by atoms with van der Waals surface area (Å²) in [4.78, 5) is 32.9. The number of esters is 1. The number of hydrogen-bond acceptors (Lipinski definition) is 8. The number of halogens is 1. The fourth-order valence-electron chi connectivity index (χ4n) is 4.86. The van der Waals surface area contributed by atoms with Gasteiger partial charge in [-0.2, -0.15) is 0 Å². The van der Waals surface area contributed by atoms with Crippen molar-refractivity contribution in [1.82, 2.24) is 14.5 Å². The van der Waals surface area contributed by atoms with Crippen molar-refractivity contribution in [2.75, 3.05) is 27.3 Å². The van der Waals surface area contributed by atoms with Gasteiger partial charge in [0.15, 0.2) is 11.8 Å². The smallest absolute Gasteiger partial charge is 0.343 e. The monoisotopic (exact) mass is 501 g/mol. The quantitative estimate of drug-likeness (QED) is 0.493. The summed E-state index contributed by atoms with van der Waals surface area (Å²) in [7, 11) is 4.00. The summed E-state index contributed by atoms with van der Waals surface area (Å²) in [5.74, 6) is -0.766. The molecule has 2 aliphatic heterocycles. The fourth-order valence-corrected chi connectivity index (χ4v) is 4.86. The highest BCUT2D eigenvalue weighted by molar-refractivity contribution is 5.87. The fraction of sp³-hybridized carbons (Fsp3) is 0.400. The number of cyclic esters (lactones) is 1. The van der Waals surface area contributed by atoms with Crippen LogP contribution < -0.4 is 5.56 Å². The molecule has 3 aromatic rings. The minimum Gasteiger partial charge on any atom is -0.458 e. The average Bonchev–Trinajstić information content (AvgIpc) is 3.11. The average molecular weight is 502 g/mol. The van der Waals surface area contributed by atoms with E-state index in [1.165, 1.54) is 4.57 Å². The molecule has 9 nitrogen and oxygen atoms in total. The van der Waals surface area contributed by atoms with Gasteiger partial charge in [0.2, 0.25) is 0 Å². The van der Waals surface area contributed by atoms with Gasteiger partial charge >= 0.3 is 5.97 Å². The van der Waals surface area contributed by atoms with Gasteiger partial charge in [0.25, 0.3) is 5.56 Å². The Kier molecular flexibility index (Phi) is 6.74. The van der Waals surface area contributed by atoms with Crippen LogP contribution in [-0.2, 0) is 33.0 Å². The summed E-state index contributed by atoms with van der Waals surface area (Å²) >= 11 is 0. The molecule has 0 unspecified atom stereocenters. The summed E-state index contributed by atoms with van der Waals surface area (Å²) < 4.78 is 12.5. The number of pyridine rings is 2. The molecule has 2 aromatic heterocycles. The van der Waals surface area contributed by atoms with Gasteiger partial charge in [-0.15, -0.1) is 12.4 Å². The van der Waals surface area contributed by atoms with Gasteiger partial charge in [0.1, 0.15) is 6.61 Å². The van der Waals surface area contributed by atoms with E-state index in [1.807, 2.05) is 32.3 Å². The Morgan fingerprint density at radius 1 is 1.26 bits per heavy atom. The molecule has 2 aliphatic rings. The maximum Gasteiger partial charge on any atom is 0.343 e. The molecule has 1 aromatic carbocycles. The molecule has 0 saturated heterocycles. The molecule has 10 heteroatoms. The molecular weight excluding hydrogens is 474 g/mol. The number of aromatic nitrogens is 2. The first-order valence-electron chi connectivity index (χ1n) is 11.3. The normalized spacial score (nSPS) is 20.3. The molecule has 186 valence electrons. The molecular formula is C25H28ClN3O6. The van der Waals surface area contributed by atoms with Crippen LogP contribution in [0.2, 0.25) is 0 Å². The lowest BCUT2D eigenvalue weighted by atomic mass is 9.86. The van der Waals surface area contributed by atoms with Crippen LogP contribution in [0.1, 0.15) is 41.8 Å². The number of rotatable bonds is 6. The van der Waals surface area contributed by atoms with Crippen molar-refractivity contribution in [3.63, 3.8) is 0 Å². The van der Waals surface area contributed by atoms with Gasteiger partial charge in [0.05, 0.1) is 35.7 Å². The van der Waals surface area contributed by atoms with Gasteiger partial charge in [-0.1, -0.05) is 13.0 Å². The maximum atomic E-state index is 13.6. The van der Waals surface area contributed by atoms with Crippen LogP contribution >= 0.6 is 12.4 Å². The Bertz CT molecular complexity index is 1370. The highest BCUT2D eigenvalue weighted by Gasteiger charge is 2.46. The summed E-state index contributed by atoms with van der Waals surface area (Å²) in [5.41, 5.74) is 1.74. The number of fused-ring (bicyclic) bond motifs is 5. The van der Waals surface area contributed by atoms with E-state index >= 15 is 0 Å². The van der Waals surface area contributed by atoms with Gasteiger partial charge in [-0.05, 0) is 50.3 Å². The van der Waals surface area contributed by atoms with E-state index in [0.717, 1.165) is 23.0 Å². The second-order valence-corrected chi connectivity index (χ2v) is 9.02. The van der Waals surface area contributed by atoms with Gasteiger partial charge in [-0.3, -0.25) is 9.36 Å². The van der Waals surface area contributed by atoms with Crippen LogP contribution in [0.15, 0.2) is 35.1 Å². The zero-order valence-corrected chi connectivity index (χ0v) is 20.6. The predicted molar refractivity (Wildman–Crippen MR) is 131 cm³/mol. The molecule has 5 rings (SSSR count). The molecule has 0 spiro atoms. The van der Waals surface area contributed by atoms with Crippen LogP contribution in [-0.4, -0.2) is 57.9 Å². The number of hydrogen-bond donors (Lipinski definition) is 2. The van der Waals surface area contributed by atoms with Crippen LogP contribution in [0.25, 0.3) is 22.3 Å². The summed E-state index contributed by atoms with van der Waals surface area (Å²) in [6.45, 7) is 2.04. The standard InChI is InChI=1S/C25H27N3O6.ClH/c1-4-25(32)18-11-20-21-16(10-15-9-14(12-27(2)3)5-6-19(15)26-21)23(33-8-7-29)28(20)22(30)17(18)13-34-24(25)31;/h5-6,9-11,23,29,32H,4,7-8,12-13H2,1-3H3;1H/t23-,25-;/m0./s1. The highest BCUT2D eigenvalue weighted by atomic mass is 35.5. The second-order valence-electron chi connectivity index (χ2n) is 9.02. The van der Waals surface area contributed by atoms with Gasteiger partial charge in [0, 0.05) is 23.1 Å². The van der Waals surface area contributed by atoms with Crippen molar-refractivity contribution >= 4 is 29.3 Å². The van der Waals surface area contributed by atoms with Crippen LogP contribution in [0.3, 0.4) is 0 Å². The molecule has 4 heterocycles. The van der Waals surface area contributed by atoms with Crippen LogP contribution in [0.5, 0.6) is 0 Å². The predicted octanol–water partition coefficient (Wildman–Crippen LogP) is 2.07. The zero-order chi connectivity index (χ0) is 24.2. The molecule has 0 radical (unpaired) electrons. The first-order chi connectivity index (χ1) is 16.3. The number of carbonyl (C=O) groups is 1. The third-order valence-electron chi connectivity index (χ3n) is 6.50. The summed E-state index contributed by atoms with van der Waals surface area (Å²) in [5, 5.41) is 21.4. The van der Waals surface area contributed by atoms with Crippen molar-refractivity contribution in [2.45, 2.75) is 38.3 Å². The minimum absolute atomic E-state index is 0. The zero-order valence-electron chi connectivity index (χ0n) is 19.8. The van der Waals surface area contributed by atoms with E-state index in [4.69, 9.17) is 14.5 Å². The molecule has 0 bridgehead atoms. The molecule has 2 N–H and O–H groups in total. The number of ether oxygens (including phenoxy) is 2. The lowest BCUT2D eigenvalue weighted by Crippen LogP contribution is -2.44. The van der Waals surface area contributed by atoms with E-state index in [-0.39, 0.29) is 49.8 Å². The van der Waals surface area contributed by atoms with Crippen molar-refractivity contribution in [1.29, 1.82) is 0 Å².